The van der Waals surface area contributed by atoms with Crippen LogP contribution in [0.3, 0.4) is 0 Å². The van der Waals surface area contributed by atoms with E-state index in [0.717, 1.165) is 18.7 Å². The molecule has 3 aliphatic heterocycles. The molecule has 1 atom stereocenters. The summed E-state index contributed by atoms with van der Waals surface area (Å²) >= 11 is 0. The number of allylic oxidation sites excluding steroid dienone is 2. The van der Waals surface area contributed by atoms with Gasteiger partial charge in [-0.1, -0.05) is 0 Å². The fraction of sp³-hybridized carbons (Fsp3) is 0.400. The van der Waals surface area contributed by atoms with E-state index in [0.29, 0.717) is 13.1 Å². The van der Waals surface area contributed by atoms with E-state index in [1.54, 1.807) is 29.4 Å². The highest BCUT2D eigenvalue weighted by molar-refractivity contribution is 7.90. The molecular weight excluding hydrogens is 330 g/mol. The van der Waals surface area contributed by atoms with E-state index in [1.807, 2.05) is 10.8 Å². The smallest absolute Gasteiger partial charge is 0.256 e. The SMILES string of the molecule is O=C(N[C@@H]1CCc2nccn2C1)C1=CC=CN2CCS(=O)(=O)N=C12. The van der Waals surface area contributed by atoms with E-state index < -0.39 is 10.0 Å². The Morgan fingerprint density at radius 3 is 3.12 bits per heavy atom. The minimum absolute atomic E-state index is 0.0137. The van der Waals surface area contributed by atoms with Gasteiger partial charge in [0.15, 0.2) is 5.84 Å². The molecule has 0 bridgehead atoms. The molecule has 1 aromatic heterocycles. The minimum Gasteiger partial charge on any atom is -0.347 e. The largest absolute Gasteiger partial charge is 0.347 e. The Morgan fingerprint density at radius 2 is 2.25 bits per heavy atom. The number of rotatable bonds is 2. The normalized spacial score (nSPS) is 24.5. The maximum Gasteiger partial charge on any atom is 0.256 e. The van der Waals surface area contributed by atoms with E-state index in [2.05, 4.69) is 14.7 Å². The van der Waals surface area contributed by atoms with E-state index in [9.17, 15) is 13.2 Å². The fourth-order valence-electron chi connectivity index (χ4n) is 3.14. The molecule has 0 unspecified atom stereocenters. The van der Waals surface area contributed by atoms with Crippen molar-refractivity contribution in [3.8, 4) is 0 Å². The lowest BCUT2D eigenvalue weighted by Crippen LogP contribution is -2.46. The van der Waals surface area contributed by atoms with Gasteiger partial charge in [-0.3, -0.25) is 4.79 Å². The Hall–Kier alpha value is -2.42. The average Bonchev–Trinajstić information content (AvgIpc) is 3.01. The van der Waals surface area contributed by atoms with E-state index >= 15 is 0 Å². The van der Waals surface area contributed by atoms with Crippen LogP contribution in [0.5, 0.6) is 0 Å². The van der Waals surface area contributed by atoms with Gasteiger partial charge in [-0.25, -0.2) is 13.4 Å². The van der Waals surface area contributed by atoms with Crippen LogP contribution in [0.4, 0.5) is 0 Å². The van der Waals surface area contributed by atoms with Gasteiger partial charge in [-0.05, 0) is 18.6 Å². The van der Waals surface area contributed by atoms with Crippen LogP contribution in [0.25, 0.3) is 0 Å². The van der Waals surface area contributed by atoms with E-state index in [-0.39, 0.29) is 29.1 Å². The van der Waals surface area contributed by atoms with Crippen molar-refractivity contribution in [3.63, 3.8) is 0 Å². The second kappa shape index (κ2) is 5.59. The first-order chi connectivity index (χ1) is 11.5. The highest BCUT2D eigenvalue weighted by Crippen LogP contribution is 2.19. The zero-order valence-corrected chi connectivity index (χ0v) is 13.7. The van der Waals surface area contributed by atoms with Crippen molar-refractivity contribution < 1.29 is 13.2 Å². The summed E-state index contributed by atoms with van der Waals surface area (Å²) in [7, 11) is -3.51. The molecule has 3 aliphatic rings. The molecule has 9 heteroatoms. The number of nitrogens with zero attached hydrogens (tertiary/aromatic N) is 4. The van der Waals surface area contributed by atoms with Crippen LogP contribution in [-0.4, -0.2) is 53.0 Å². The summed E-state index contributed by atoms with van der Waals surface area (Å²) in [5.41, 5.74) is 0.289. The summed E-state index contributed by atoms with van der Waals surface area (Å²) in [6.45, 7) is 0.975. The van der Waals surface area contributed by atoms with Crippen LogP contribution in [-0.2, 0) is 27.8 Å². The molecule has 0 saturated carbocycles. The van der Waals surface area contributed by atoms with Gasteiger partial charge in [0.1, 0.15) is 5.82 Å². The first kappa shape index (κ1) is 15.1. The zero-order valence-electron chi connectivity index (χ0n) is 12.9. The topological polar surface area (TPSA) is 96.7 Å². The Bertz CT molecular complexity index is 881. The summed E-state index contributed by atoms with van der Waals surface area (Å²) in [5, 5.41) is 2.99. The lowest BCUT2D eigenvalue weighted by Gasteiger charge is -2.30. The van der Waals surface area contributed by atoms with Crippen molar-refractivity contribution in [3.05, 3.63) is 42.1 Å². The number of aryl methyl sites for hydroxylation is 1. The Labute approximate surface area is 139 Å². The van der Waals surface area contributed by atoms with Crippen LogP contribution < -0.4 is 5.32 Å². The predicted octanol–water partition coefficient (Wildman–Crippen LogP) is -0.188. The van der Waals surface area contributed by atoms with Crippen LogP contribution >= 0.6 is 0 Å². The average molecular weight is 347 g/mol. The molecule has 8 nitrogen and oxygen atoms in total. The Morgan fingerprint density at radius 1 is 1.38 bits per heavy atom. The fourth-order valence-corrected chi connectivity index (χ4v) is 4.13. The standard InChI is InChI=1S/C15H17N5O3S/c21-15(17-11-3-4-13-16-5-7-20(13)10-11)12-2-1-6-19-8-9-24(22,23)18-14(12)19/h1-2,5-7,11H,3-4,8-10H2,(H,17,21)/t11-/m1/s1. The first-order valence-electron chi connectivity index (χ1n) is 7.81. The number of amides is 1. The number of carbonyl (C=O) groups excluding carboxylic acids is 1. The number of sulfonamides is 1. The second-order valence-corrected chi connectivity index (χ2v) is 7.78. The van der Waals surface area contributed by atoms with Crippen molar-refractivity contribution in [1.29, 1.82) is 0 Å². The molecule has 1 N–H and O–H groups in total. The number of fused-ring (bicyclic) bond motifs is 2. The van der Waals surface area contributed by atoms with Crippen LogP contribution in [0, 0.1) is 0 Å². The lowest BCUT2D eigenvalue weighted by atomic mass is 10.1. The third-order valence-corrected chi connectivity index (χ3v) is 5.52. The van der Waals surface area contributed by atoms with Gasteiger partial charge in [0.05, 0.1) is 11.3 Å². The zero-order chi connectivity index (χ0) is 16.7. The summed E-state index contributed by atoms with van der Waals surface area (Å²) in [5.74, 6) is 0.894. The summed E-state index contributed by atoms with van der Waals surface area (Å²) in [4.78, 5) is 18.6. The first-order valence-corrected chi connectivity index (χ1v) is 9.42. The predicted molar refractivity (Wildman–Crippen MR) is 87.6 cm³/mol. The number of hydrogen-bond acceptors (Lipinski definition) is 5. The van der Waals surface area contributed by atoms with Gasteiger partial charge in [0.2, 0.25) is 0 Å². The molecular formula is C15H17N5O3S. The number of carbonyl (C=O) groups is 1. The molecule has 0 aliphatic carbocycles. The molecule has 1 amide bonds. The third kappa shape index (κ3) is 2.75. The van der Waals surface area contributed by atoms with Gasteiger partial charge in [-0.2, -0.15) is 0 Å². The van der Waals surface area contributed by atoms with Gasteiger partial charge in [0.25, 0.3) is 15.9 Å². The van der Waals surface area contributed by atoms with Crippen molar-refractivity contribution in [2.24, 2.45) is 4.40 Å². The van der Waals surface area contributed by atoms with Crippen molar-refractivity contribution in [2.45, 2.75) is 25.4 Å². The quantitative estimate of drug-likeness (QED) is 0.800. The molecule has 0 radical (unpaired) electrons. The molecule has 24 heavy (non-hydrogen) atoms. The number of amidine groups is 1. The summed E-state index contributed by atoms with van der Waals surface area (Å²) in [6, 6.07) is -0.0137. The Balaban J connectivity index is 1.53. The highest BCUT2D eigenvalue weighted by Gasteiger charge is 2.31. The van der Waals surface area contributed by atoms with Gasteiger partial charge < -0.3 is 14.8 Å². The van der Waals surface area contributed by atoms with E-state index in [4.69, 9.17) is 0 Å². The molecule has 4 heterocycles. The van der Waals surface area contributed by atoms with E-state index in [1.165, 1.54) is 0 Å². The number of hydrogen-bond donors (Lipinski definition) is 1. The van der Waals surface area contributed by atoms with Crippen molar-refractivity contribution >= 4 is 21.8 Å². The summed E-state index contributed by atoms with van der Waals surface area (Å²) < 4.78 is 29.3. The second-order valence-electron chi connectivity index (χ2n) is 6.02. The Kier molecular flexibility index (Phi) is 3.52. The highest BCUT2D eigenvalue weighted by atomic mass is 32.2. The molecule has 1 aromatic rings. The summed E-state index contributed by atoms with van der Waals surface area (Å²) in [6.07, 6.45) is 10.3. The number of nitrogens with one attached hydrogen (secondary N) is 1. The molecule has 0 fully saturated rings. The van der Waals surface area contributed by atoms with Crippen LogP contribution in [0.15, 0.2) is 40.7 Å². The van der Waals surface area contributed by atoms with Gasteiger partial charge >= 0.3 is 0 Å². The van der Waals surface area contributed by atoms with Gasteiger partial charge in [-0.15, -0.1) is 4.40 Å². The molecule has 0 aromatic carbocycles. The van der Waals surface area contributed by atoms with Crippen LogP contribution in [0.1, 0.15) is 12.2 Å². The lowest BCUT2D eigenvalue weighted by molar-refractivity contribution is -0.117. The molecule has 126 valence electrons. The maximum atomic E-state index is 12.6. The van der Waals surface area contributed by atoms with Gasteiger partial charge in [0, 0.05) is 44.1 Å². The van der Waals surface area contributed by atoms with Crippen molar-refractivity contribution in [2.75, 3.05) is 12.3 Å². The molecule has 4 rings (SSSR count). The van der Waals surface area contributed by atoms with Crippen LogP contribution in [0.2, 0.25) is 0 Å². The maximum absolute atomic E-state index is 12.6. The molecule has 0 saturated heterocycles. The number of aromatic nitrogens is 2. The van der Waals surface area contributed by atoms with Crippen molar-refractivity contribution in [1.82, 2.24) is 19.8 Å². The minimum atomic E-state index is -3.51. The monoisotopic (exact) mass is 347 g/mol. The molecule has 0 spiro atoms. The number of imidazole rings is 1. The third-order valence-electron chi connectivity index (χ3n) is 4.37.